The van der Waals surface area contributed by atoms with Gasteiger partial charge in [0.15, 0.2) is 0 Å². The summed E-state index contributed by atoms with van der Waals surface area (Å²) in [7, 11) is 0. The Labute approximate surface area is 49.7 Å². The number of rotatable bonds is 0. The van der Waals surface area contributed by atoms with E-state index in [0.29, 0.717) is 0 Å². The van der Waals surface area contributed by atoms with Crippen LogP contribution in [-0.2, 0) is 35.0 Å². The second-order valence-corrected chi connectivity index (χ2v) is 0.354. The van der Waals surface area contributed by atoms with Crippen molar-refractivity contribution in [3.8, 4) is 0 Å². The van der Waals surface area contributed by atoms with Crippen molar-refractivity contribution in [2.75, 3.05) is 0 Å². The quantitative estimate of drug-likeness (QED) is 0.513. The van der Waals surface area contributed by atoms with Gasteiger partial charge in [-0.2, -0.15) is 0 Å². The van der Waals surface area contributed by atoms with Crippen LogP contribution in [0.25, 0.3) is 0 Å². The summed E-state index contributed by atoms with van der Waals surface area (Å²) in [5.74, 6) is 0. The standard InChI is InChI=1S/Cd.O2Se/c;1-3-2. The molecule has 0 amide bonds. The maximum Gasteiger partial charge on any atom is 0 e. The molecule has 0 fully saturated rings. The second-order valence-electron chi connectivity index (χ2n) is 0.0680. The zero-order chi connectivity index (χ0) is 2.71. The van der Waals surface area contributed by atoms with Gasteiger partial charge in [-0.05, 0) is 0 Å². The molecule has 0 rings (SSSR count). The van der Waals surface area contributed by atoms with Crippen LogP contribution in [0.5, 0.6) is 0 Å². The molecule has 0 aromatic heterocycles. The van der Waals surface area contributed by atoms with E-state index in [2.05, 4.69) is 0 Å². The van der Waals surface area contributed by atoms with Crippen LogP contribution in [0, 0.1) is 0 Å². The number of hydrogen-bond acceptors (Lipinski definition) is 2. The SMILES string of the molecule is O=[Se]=O.[Cd]. The van der Waals surface area contributed by atoms with E-state index in [-0.39, 0.29) is 27.3 Å². The van der Waals surface area contributed by atoms with Crippen LogP contribution < -0.4 is 0 Å². The summed E-state index contributed by atoms with van der Waals surface area (Å²) in [5, 5.41) is 0. The zero-order valence-electron chi connectivity index (χ0n) is 1.93. The normalized spacial score (nSPS) is 3.00. The maximum atomic E-state index is 8.44. The predicted octanol–water partition coefficient (Wildman–Crippen LogP) is -0.621. The first kappa shape index (κ1) is 8.90. The Balaban J connectivity index is 0. The molecular weight excluding hydrogens is 223 g/mol. The number of hydrogen-bond donors (Lipinski definition) is 0. The van der Waals surface area contributed by atoms with Crippen molar-refractivity contribution in [2.45, 2.75) is 0 Å². The molecule has 20 valence electrons. The van der Waals surface area contributed by atoms with Crippen LogP contribution in [0.4, 0.5) is 0 Å². The van der Waals surface area contributed by atoms with Gasteiger partial charge >= 0.3 is 22.5 Å². The van der Waals surface area contributed by atoms with Gasteiger partial charge in [-0.3, -0.25) is 0 Å². The molecule has 0 unspecified atom stereocenters. The van der Waals surface area contributed by atoms with Gasteiger partial charge < -0.3 is 0 Å². The first-order valence-electron chi connectivity index (χ1n) is 0.333. The molecule has 0 aliphatic carbocycles. The van der Waals surface area contributed by atoms with E-state index in [4.69, 9.17) is 7.67 Å². The molecule has 0 N–H and O–H groups in total. The van der Waals surface area contributed by atoms with E-state index in [1.165, 1.54) is 0 Å². The average molecular weight is 223 g/mol. The summed E-state index contributed by atoms with van der Waals surface area (Å²) in [5.41, 5.74) is 0. The fourth-order valence-electron chi connectivity index (χ4n) is 0. The summed E-state index contributed by atoms with van der Waals surface area (Å²) >= 11 is -1.62. The first-order valence-corrected chi connectivity index (χ1v) is 1.73. The summed E-state index contributed by atoms with van der Waals surface area (Å²) in [6.07, 6.45) is 0. The molecule has 0 bridgehead atoms. The van der Waals surface area contributed by atoms with E-state index in [9.17, 15) is 0 Å². The summed E-state index contributed by atoms with van der Waals surface area (Å²) in [6, 6.07) is 0. The van der Waals surface area contributed by atoms with E-state index >= 15 is 0 Å². The van der Waals surface area contributed by atoms with E-state index in [1.807, 2.05) is 0 Å². The third-order valence-electron chi connectivity index (χ3n) is 0. The third-order valence-corrected chi connectivity index (χ3v) is 0. The zero-order valence-corrected chi connectivity index (χ0v) is 7.68. The van der Waals surface area contributed by atoms with Crippen molar-refractivity contribution >= 4 is 14.8 Å². The van der Waals surface area contributed by atoms with Crippen LogP contribution in [0.1, 0.15) is 0 Å². The molecule has 4 heavy (non-hydrogen) atoms. The van der Waals surface area contributed by atoms with Crippen molar-refractivity contribution in [3.63, 3.8) is 0 Å². The summed E-state index contributed by atoms with van der Waals surface area (Å²) in [4.78, 5) is 0. The molecule has 0 heterocycles. The average Bonchev–Trinajstić information content (AvgIpc) is 0.918. The second kappa shape index (κ2) is 8.97. The van der Waals surface area contributed by atoms with Gasteiger partial charge in [-0.15, -0.1) is 0 Å². The Morgan fingerprint density at radius 1 is 1.25 bits per heavy atom. The van der Waals surface area contributed by atoms with Gasteiger partial charge in [0.05, 0.1) is 0 Å². The van der Waals surface area contributed by atoms with Crippen LogP contribution in [0.3, 0.4) is 0 Å². The van der Waals surface area contributed by atoms with Crippen LogP contribution in [0.15, 0.2) is 0 Å². The minimum absolute atomic E-state index is 0. The van der Waals surface area contributed by atoms with E-state index < -0.39 is 14.8 Å². The molecule has 2 nitrogen and oxygen atoms in total. The molecule has 0 aliphatic heterocycles. The fourth-order valence-corrected chi connectivity index (χ4v) is 0. The van der Waals surface area contributed by atoms with E-state index in [0.717, 1.165) is 0 Å². The van der Waals surface area contributed by atoms with Gasteiger partial charge in [0.1, 0.15) is 0 Å². The first-order chi connectivity index (χ1) is 1.41. The Kier molecular flexibility index (Phi) is 20.0. The minimum atomic E-state index is -1.62. The van der Waals surface area contributed by atoms with Gasteiger partial charge in [0, 0.05) is 27.3 Å². The molecule has 4 heteroatoms. The molecule has 0 aromatic rings. The predicted molar refractivity (Wildman–Crippen MR) is 7.13 cm³/mol. The van der Waals surface area contributed by atoms with Crippen LogP contribution in [0.2, 0.25) is 0 Å². The fraction of sp³-hybridized carbons (Fsp3) is 0. The minimum Gasteiger partial charge on any atom is 0 e. The molecular formula is CdO2Se. The monoisotopic (exact) mass is 226 g/mol. The molecule has 0 saturated carbocycles. The van der Waals surface area contributed by atoms with Crippen LogP contribution >= 0.6 is 0 Å². The van der Waals surface area contributed by atoms with Gasteiger partial charge in [0.2, 0.25) is 0 Å². The van der Waals surface area contributed by atoms with Gasteiger partial charge in [-0.25, -0.2) is 0 Å². The molecule has 0 spiro atoms. The Hall–Kier alpha value is 1.04. The molecule has 0 atom stereocenters. The Morgan fingerprint density at radius 2 is 1.25 bits per heavy atom. The smallest absolute Gasteiger partial charge is 0 e. The van der Waals surface area contributed by atoms with Crippen molar-refractivity contribution in [1.82, 2.24) is 0 Å². The maximum absolute atomic E-state index is 8.44. The molecule has 0 radical (unpaired) electrons. The van der Waals surface area contributed by atoms with E-state index in [1.54, 1.807) is 0 Å². The van der Waals surface area contributed by atoms with Crippen LogP contribution in [-0.4, -0.2) is 14.8 Å². The van der Waals surface area contributed by atoms with Crippen molar-refractivity contribution in [1.29, 1.82) is 0 Å². The Bertz CT molecular complexity index is 27.0. The molecule has 0 aromatic carbocycles. The largest absolute Gasteiger partial charge is 0 e. The molecule has 0 saturated heterocycles. The summed E-state index contributed by atoms with van der Waals surface area (Å²) < 4.78 is 16.9. The van der Waals surface area contributed by atoms with Gasteiger partial charge in [0.25, 0.3) is 0 Å². The van der Waals surface area contributed by atoms with Crippen molar-refractivity contribution in [2.24, 2.45) is 0 Å². The van der Waals surface area contributed by atoms with Crippen molar-refractivity contribution in [3.05, 3.63) is 0 Å². The Morgan fingerprint density at radius 3 is 1.25 bits per heavy atom. The topological polar surface area (TPSA) is 34.1 Å². The third kappa shape index (κ3) is 11.7. The van der Waals surface area contributed by atoms with Gasteiger partial charge in [-0.1, -0.05) is 0 Å². The van der Waals surface area contributed by atoms with Crippen molar-refractivity contribution < 1.29 is 35.0 Å². The molecule has 0 aliphatic rings. The summed E-state index contributed by atoms with van der Waals surface area (Å²) in [6.45, 7) is 0.